The smallest absolute Gasteiger partial charge is 0.165 e. The molecule has 2 nitrogen and oxygen atoms in total. The second-order valence-corrected chi connectivity index (χ2v) is 14.1. The highest BCUT2D eigenvalue weighted by atomic mass is 32.1. The Balaban J connectivity index is 1.41. The quantitative estimate of drug-likeness (QED) is 0.199. The zero-order chi connectivity index (χ0) is 24.6. The average Bonchev–Trinajstić information content (AvgIpc) is 3.67. The van der Waals surface area contributed by atoms with E-state index in [1.54, 1.807) is 0 Å². The molecule has 6 heteroatoms. The lowest BCUT2D eigenvalue weighted by Crippen LogP contribution is -1.93. The van der Waals surface area contributed by atoms with Gasteiger partial charge in [0.1, 0.15) is 5.52 Å². The summed E-state index contributed by atoms with van der Waals surface area (Å²) in [5.41, 5.74) is 9.48. The third kappa shape index (κ3) is 2.64. The van der Waals surface area contributed by atoms with Gasteiger partial charge in [0.15, 0.2) is 11.2 Å². The van der Waals surface area contributed by atoms with Crippen molar-refractivity contribution in [2.75, 3.05) is 0 Å². The lowest BCUT2D eigenvalue weighted by atomic mass is 10.2. The molecule has 0 bridgehead atoms. The van der Waals surface area contributed by atoms with Crippen molar-refractivity contribution in [3.8, 4) is 5.69 Å². The minimum Gasteiger partial charge on any atom is -0.451 e. The molecule has 0 spiro atoms. The maximum Gasteiger partial charge on any atom is 0.165 e. The predicted octanol–water partition coefficient (Wildman–Crippen LogP) is 11.3. The van der Waals surface area contributed by atoms with E-state index in [0.717, 1.165) is 11.2 Å². The Kier molecular flexibility index (Phi) is 3.96. The number of hydrogen-bond acceptors (Lipinski definition) is 5. The second-order valence-electron chi connectivity index (χ2n) is 10.0. The van der Waals surface area contributed by atoms with Gasteiger partial charge in [0, 0.05) is 21.2 Å². The molecule has 0 radical (unpaired) electrons. The number of rotatable bonds is 1. The topological polar surface area (TPSA) is 18.1 Å². The van der Waals surface area contributed by atoms with Gasteiger partial charge in [-0.1, -0.05) is 35.9 Å². The molecule has 6 aromatic heterocycles. The zero-order valence-corrected chi connectivity index (χ0v) is 23.5. The number of nitrogens with zero attached hydrogens (tertiary/aromatic N) is 1. The van der Waals surface area contributed by atoms with E-state index < -0.39 is 0 Å². The third-order valence-corrected chi connectivity index (χ3v) is 12.9. The molecular weight excluding hydrogens is 531 g/mol. The fourth-order valence-corrected chi connectivity index (χ4v) is 11.6. The fraction of sp³-hybridized carbons (Fsp3) is 0.0968. The molecule has 0 atom stereocenters. The van der Waals surface area contributed by atoms with Gasteiger partial charge in [0.05, 0.1) is 38.4 Å². The van der Waals surface area contributed by atoms with Crippen LogP contribution in [0.25, 0.3) is 76.3 Å². The van der Waals surface area contributed by atoms with E-state index in [1.165, 1.54) is 81.8 Å². The Morgan fingerprint density at radius 2 is 1.16 bits per heavy atom. The summed E-state index contributed by atoms with van der Waals surface area (Å²) >= 11 is 7.71. The van der Waals surface area contributed by atoms with Crippen molar-refractivity contribution >= 4 is 116 Å². The maximum atomic E-state index is 6.78. The minimum atomic E-state index is 0.998. The summed E-state index contributed by atoms with van der Waals surface area (Å²) in [4.78, 5) is 0. The average molecular weight is 550 g/mol. The lowest BCUT2D eigenvalue weighted by Gasteiger charge is -2.07. The Bertz CT molecular complexity index is 2380. The molecule has 0 aliphatic rings. The largest absolute Gasteiger partial charge is 0.451 e. The molecular formula is C31H19NOS4. The third-order valence-electron chi connectivity index (χ3n) is 7.44. The van der Waals surface area contributed by atoms with Crippen LogP contribution in [0.3, 0.4) is 0 Å². The van der Waals surface area contributed by atoms with Crippen LogP contribution in [-0.4, -0.2) is 4.57 Å². The summed E-state index contributed by atoms with van der Waals surface area (Å²) in [6, 6.07) is 22.4. The molecule has 6 heterocycles. The van der Waals surface area contributed by atoms with E-state index in [-0.39, 0.29) is 0 Å². The molecule has 178 valence electrons. The van der Waals surface area contributed by atoms with Gasteiger partial charge in [-0.15, -0.1) is 45.3 Å². The van der Waals surface area contributed by atoms with Crippen molar-refractivity contribution < 1.29 is 4.42 Å². The van der Waals surface area contributed by atoms with Crippen molar-refractivity contribution in [1.29, 1.82) is 0 Å². The number of hydrogen-bond donors (Lipinski definition) is 0. The van der Waals surface area contributed by atoms with Crippen LogP contribution in [0, 0.1) is 20.8 Å². The van der Waals surface area contributed by atoms with Crippen molar-refractivity contribution in [1.82, 2.24) is 4.57 Å². The van der Waals surface area contributed by atoms with Crippen molar-refractivity contribution in [3.05, 3.63) is 77.4 Å². The second kappa shape index (κ2) is 7.03. The number of thiophene rings is 4. The molecule has 0 saturated heterocycles. The highest BCUT2D eigenvalue weighted by molar-refractivity contribution is 7.47. The highest BCUT2D eigenvalue weighted by Crippen LogP contribution is 2.55. The molecule has 0 amide bonds. The first-order valence-corrected chi connectivity index (χ1v) is 15.5. The van der Waals surface area contributed by atoms with Crippen molar-refractivity contribution in [2.24, 2.45) is 0 Å². The summed E-state index contributed by atoms with van der Waals surface area (Å²) in [7, 11) is 0. The first-order chi connectivity index (χ1) is 18.0. The van der Waals surface area contributed by atoms with Gasteiger partial charge >= 0.3 is 0 Å². The van der Waals surface area contributed by atoms with Crippen LogP contribution in [-0.2, 0) is 0 Å². The first kappa shape index (κ1) is 20.8. The fourth-order valence-electron chi connectivity index (χ4n) is 5.66. The van der Waals surface area contributed by atoms with Gasteiger partial charge in [0.2, 0.25) is 0 Å². The van der Waals surface area contributed by atoms with Gasteiger partial charge in [-0.3, -0.25) is 0 Å². The Labute approximate surface area is 227 Å². The number of furan rings is 1. The van der Waals surface area contributed by atoms with Gasteiger partial charge in [-0.05, 0) is 62.2 Å². The standard InChI is InChI=1S/C31H19NOS4/c1-14-4-8-17(9-5-14)32-20-12-15(2)6-10-18(20)23-22(32)26-24(33-23)27-29(36-26)31-30(37-27)28-25(35-31)19-11-7-16(3)13-21(19)34-28/h4-13H,1-3H3. The molecule has 0 unspecified atom stereocenters. The monoisotopic (exact) mass is 549 g/mol. The maximum absolute atomic E-state index is 6.78. The summed E-state index contributed by atoms with van der Waals surface area (Å²) in [6.07, 6.45) is 0. The predicted molar refractivity (Wildman–Crippen MR) is 166 cm³/mol. The van der Waals surface area contributed by atoms with E-state index in [4.69, 9.17) is 4.42 Å². The molecule has 0 aliphatic carbocycles. The molecule has 0 aliphatic heterocycles. The van der Waals surface area contributed by atoms with Crippen LogP contribution in [0.2, 0.25) is 0 Å². The van der Waals surface area contributed by atoms with Crippen LogP contribution in [0.4, 0.5) is 0 Å². The van der Waals surface area contributed by atoms with Crippen LogP contribution in [0.1, 0.15) is 16.7 Å². The molecule has 37 heavy (non-hydrogen) atoms. The van der Waals surface area contributed by atoms with E-state index in [1.807, 2.05) is 45.3 Å². The number of aryl methyl sites for hydroxylation is 3. The lowest BCUT2D eigenvalue weighted by molar-refractivity contribution is 0.677. The van der Waals surface area contributed by atoms with Crippen LogP contribution in [0.15, 0.2) is 65.1 Å². The number of benzene rings is 3. The van der Waals surface area contributed by atoms with Crippen LogP contribution >= 0.6 is 45.3 Å². The summed E-state index contributed by atoms with van der Waals surface area (Å²) in [5, 5.41) is 2.57. The molecule has 9 rings (SSSR count). The van der Waals surface area contributed by atoms with E-state index in [0.29, 0.717) is 0 Å². The Hall–Kier alpha value is -3.16. The summed E-state index contributed by atoms with van der Waals surface area (Å²) < 4.78 is 20.2. The molecule has 0 fully saturated rings. The van der Waals surface area contributed by atoms with Gasteiger partial charge in [0.25, 0.3) is 0 Å². The number of fused-ring (bicyclic) bond motifs is 13. The SMILES string of the molecule is Cc1ccc(-n2c3cc(C)ccc3c3oc4c5sc6c7sc8cc(C)ccc8c7sc6c5sc4c32)cc1. The van der Waals surface area contributed by atoms with E-state index in [2.05, 4.69) is 86.0 Å². The Morgan fingerprint density at radius 3 is 1.97 bits per heavy atom. The highest BCUT2D eigenvalue weighted by Gasteiger charge is 2.26. The zero-order valence-electron chi connectivity index (χ0n) is 20.3. The summed E-state index contributed by atoms with van der Waals surface area (Å²) in [5.74, 6) is 0. The molecule has 0 N–H and O–H groups in total. The molecule has 9 aromatic rings. The minimum absolute atomic E-state index is 0.998. The van der Waals surface area contributed by atoms with Crippen molar-refractivity contribution in [3.63, 3.8) is 0 Å². The van der Waals surface area contributed by atoms with Crippen LogP contribution in [0.5, 0.6) is 0 Å². The summed E-state index contributed by atoms with van der Waals surface area (Å²) in [6.45, 7) is 6.48. The van der Waals surface area contributed by atoms with Crippen molar-refractivity contribution in [2.45, 2.75) is 20.8 Å². The molecule has 3 aromatic carbocycles. The Morgan fingerprint density at radius 1 is 0.541 bits per heavy atom. The van der Waals surface area contributed by atoms with Gasteiger partial charge in [-0.25, -0.2) is 0 Å². The molecule has 0 saturated carbocycles. The van der Waals surface area contributed by atoms with Gasteiger partial charge < -0.3 is 8.98 Å². The van der Waals surface area contributed by atoms with E-state index in [9.17, 15) is 0 Å². The van der Waals surface area contributed by atoms with Crippen LogP contribution < -0.4 is 0 Å². The number of aromatic nitrogens is 1. The normalized spacial score (nSPS) is 12.7. The van der Waals surface area contributed by atoms with E-state index >= 15 is 0 Å². The van der Waals surface area contributed by atoms with Gasteiger partial charge in [-0.2, -0.15) is 0 Å². The first-order valence-electron chi connectivity index (χ1n) is 12.3.